The van der Waals surface area contributed by atoms with Gasteiger partial charge in [0.05, 0.1) is 12.8 Å². The molecule has 3 rings (SSSR count). The lowest BCUT2D eigenvalue weighted by atomic mass is 10.2. The number of anilines is 1. The van der Waals surface area contributed by atoms with Gasteiger partial charge in [-0.2, -0.15) is 0 Å². The molecule has 1 aliphatic rings. The minimum absolute atomic E-state index is 0.272. The van der Waals surface area contributed by atoms with E-state index in [-0.39, 0.29) is 23.9 Å². The Hall–Kier alpha value is -3.09. The van der Waals surface area contributed by atoms with Gasteiger partial charge in [0.25, 0.3) is 5.91 Å². The number of esters is 1. The molecule has 0 spiro atoms. The maximum atomic E-state index is 13.9. The minimum atomic E-state index is -0.606. The number of nitrogens with zero attached hydrogens (tertiary/aromatic N) is 2. The third-order valence-corrected chi connectivity index (χ3v) is 4.48. The first-order valence-electron chi connectivity index (χ1n) is 8.67. The van der Waals surface area contributed by atoms with Gasteiger partial charge in [-0.25, -0.2) is 9.18 Å². The van der Waals surface area contributed by atoms with Crippen LogP contribution >= 0.6 is 0 Å². The molecule has 0 saturated carbocycles. The SMILES string of the molecule is COc1ccccc1C(=O)OCC(=O)N1CCN(c2ccccc2F)CC1. The van der Waals surface area contributed by atoms with E-state index in [1.165, 1.54) is 13.2 Å². The monoisotopic (exact) mass is 372 g/mol. The first-order chi connectivity index (χ1) is 13.1. The highest BCUT2D eigenvalue weighted by atomic mass is 19.1. The molecule has 1 amide bonds. The molecule has 0 bridgehead atoms. The molecular formula is C20H21FN2O4. The Labute approximate surface area is 157 Å². The molecule has 2 aromatic rings. The van der Waals surface area contributed by atoms with Crippen LogP contribution in [0.1, 0.15) is 10.4 Å². The van der Waals surface area contributed by atoms with Crippen LogP contribution in [-0.4, -0.2) is 56.7 Å². The van der Waals surface area contributed by atoms with Gasteiger partial charge in [0.15, 0.2) is 6.61 Å². The molecule has 1 fully saturated rings. The number of piperazine rings is 1. The number of benzene rings is 2. The summed E-state index contributed by atoms with van der Waals surface area (Å²) in [4.78, 5) is 28.0. The number of carbonyl (C=O) groups excluding carboxylic acids is 2. The van der Waals surface area contributed by atoms with Crippen LogP contribution in [-0.2, 0) is 9.53 Å². The molecule has 0 aromatic heterocycles. The van der Waals surface area contributed by atoms with Crippen LogP contribution < -0.4 is 9.64 Å². The lowest BCUT2D eigenvalue weighted by Gasteiger charge is -2.36. The molecule has 6 nitrogen and oxygen atoms in total. The first-order valence-corrected chi connectivity index (χ1v) is 8.67. The van der Waals surface area contributed by atoms with Crippen LogP contribution in [0.25, 0.3) is 0 Å². The van der Waals surface area contributed by atoms with Crippen molar-refractivity contribution in [2.24, 2.45) is 0 Å². The van der Waals surface area contributed by atoms with Crippen LogP contribution in [0.15, 0.2) is 48.5 Å². The fraction of sp³-hybridized carbons (Fsp3) is 0.300. The summed E-state index contributed by atoms with van der Waals surface area (Å²) in [6.07, 6.45) is 0. The average molecular weight is 372 g/mol. The van der Waals surface area contributed by atoms with Crippen LogP contribution in [0.3, 0.4) is 0 Å². The summed E-state index contributed by atoms with van der Waals surface area (Å²) < 4.78 is 24.1. The molecule has 0 atom stereocenters. The van der Waals surface area contributed by atoms with Gasteiger partial charge in [-0.3, -0.25) is 4.79 Å². The zero-order valence-electron chi connectivity index (χ0n) is 15.1. The van der Waals surface area contributed by atoms with Crippen molar-refractivity contribution in [3.8, 4) is 5.75 Å². The van der Waals surface area contributed by atoms with E-state index in [0.717, 1.165) is 0 Å². The van der Waals surface area contributed by atoms with Crippen molar-refractivity contribution in [3.05, 3.63) is 59.9 Å². The fourth-order valence-electron chi connectivity index (χ4n) is 3.01. The summed E-state index contributed by atoms with van der Waals surface area (Å²) in [6.45, 7) is 1.59. The number of hydrogen-bond donors (Lipinski definition) is 0. The summed E-state index contributed by atoms with van der Waals surface area (Å²) in [5.41, 5.74) is 0.810. The third kappa shape index (κ3) is 4.36. The quantitative estimate of drug-likeness (QED) is 0.754. The molecule has 0 radical (unpaired) electrons. The molecule has 2 aromatic carbocycles. The van der Waals surface area contributed by atoms with Crippen molar-refractivity contribution in [3.63, 3.8) is 0 Å². The number of hydrogen-bond acceptors (Lipinski definition) is 5. The van der Waals surface area contributed by atoms with Gasteiger partial charge < -0.3 is 19.3 Å². The van der Waals surface area contributed by atoms with Crippen molar-refractivity contribution < 1.29 is 23.5 Å². The normalized spacial score (nSPS) is 14.0. The highest BCUT2D eigenvalue weighted by Gasteiger charge is 2.24. The molecule has 0 unspecified atom stereocenters. The van der Waals surface area contributed by atoms with Crippen LogP contribution in [0, 0.1) is 5.82 Å². The second-order valence-electron chi connectivity index (χ2n) is 6.10. The molecule has 1 heterocycles. The number of ether oxygens (including phenoxy) is 2. The zero-order valence-corrected chi connectivity index (χ0v) is 15.1. The van der Waals surface area contributed by atoms with E-state index >= 15 is 0 Å². The highest BCUT2D eigenvalue weighted by molar-refractivity contribution is 5.94. The Balaban J connectivity index is 1.51. The third-order valence-electron chi connectivity index (χ3n) is 4.48. The van der Waals surface area contributed by atoms with Gasteiger partial charge in [0, 0.05) is 26.2 Å². The van der Waals surface area contributed by atoms with Crippen molar-refractivity contribution in [1.29, 1.82) is 0 Å². The maximum absolute atomic E-state index is 13.9. The molecule has 0 aliphatic carbocycles. The van der Waals surface area contributed by atoms with Gasteiger partial charge in [0.1, 0.15) is 17.1 Å². The van der Waals surface area contributed by atoms with Gasteiger partial charge >= 0.3 is 5.97 Å². The van der Waals surface area contributed by atoms with Crippen molar-refractivity contribution in [2.45, 2.75) is 0 Å². The summed E-state index contributed by atoms with van der Waals surface area (Å²) in [5.74, 6) is -0.756. The van der Waals surface area contributed by atoms with Gasteiger partial charge in [-0.05, 0) is 24.3 Å². The largest absolute Gasteiger partial charge is 0.496 e. The first kappa shape index (κ1) is 18.7. The molecule has 27 heavy (non-hydrogen) atoms. The Morgan fingerprint density at radius 1 is 1.00 bits per heavy atom. The summed E-state index contributed by atoms with van der Waals surface area (Å²) in [7, 11) is 1.46. The lowest BCUT2D eigenvalue weighted by molar-refractivity contribution is -0.134. The van der Waals surface area contributed by atoms with Crippen LogP contribution in [0.4, 0.5) is 10.1 Å². The fourth-order valence-corrected chi connectivity index (χ4v) is 3.01. The van der Waals surface area contributed by atoms with Crippen molar-refractivity contribution in [1.82, 2.24) is 4.90 Å². The Bertz CT molecular complexity index is 819. The van der Waals surface area contributed by atoms with Gasteiger partial charge in [0.2, 0.25) is 0 Å². The number of amides is 1. The molecule has 142 valence electrons. The summed E-state index contributed by atoms with van der Waals surface area (Å²) in [5, 5.41) is 0. The van der Waals surface area contributed by atoms with E-state index in [9.17, 15) is 14.0 Å². The van der Waals surface area contributed by atoms with Crippen LogP contribution in [0.2, 0.25) is 0 Å². The second-order valence-corrected chi connectivity index (χ2v) is 6.10. The highest BCUT2D eigenvalue weighted by Crippen LogP contribution is 2.21. The van der Waals surface area contributed by atoms with Crippen LogP contribution in [0.5, 0.6) is 5.75 Å². The predicted octanol–water partition coefficient (Wildman–Crippen LogP) is 2.34. The number of carbonyl (C=O) groups is 2. The summed E-state index contributed by atoms with van der Waals surface area (Å²) >= 11 is 0. The molecule has 1 saturated heterocycles. The lowest BCUT2D eigenvalue weighted by Crippen LogP contribution is -2.50. The molecular weight excluding hydrogens is 351 g/mol. The van der Waals surface area contributed by atoms with Gasteiger partial charge in [-0.15, -0.1) is 0 Å². The standard InChI is InChI=1S/C20H21FN2O4/c1-26-18-9-5-2-6-15(18)20(25)27-14-19(24)23-12-10-22(11-13-23)17-8-4-3-7-16(17)21/h2-9H,10-14H2,1H3. The molecule has 1 aliphatic heterocycles. The number of methoxy groups -OCH3 is 1. The van der Waals surface area contributed by atoms with E-state index in [1.54, 1.807) is 47.4 Å². The number of para-hydroxylation sites is 2. The van der Waals surface area contributed by atoms with Crippen molar-refractivity contribution >= 4 is 17.6 Å². The molecule has 7 heteroatoms. The van der Waals surface area contributed by atoms with Crippen molar-refractivity contribution in [2.75, 3.05) is 44.8 Å². The number of halogens is 1. The maximum Gasteiger partial charge on any atom is 0.342 e. The Morgan fingerprint density at radius 2 is 1.67 bits per heavy atom. The van der Waals surface area contributed by atoms with Gasteiger partial charge in [-0.1, -0.05) is 24.3 Å². The van der Waals surface area contributed by atoms with E-state index in [1.807, 2.05) is 4.90 Å². The summed E-state index contributed by atoms with van der Waals surface area (Å²) in [6, 6.07) is 13.3. The van der Waals surface area contributed by atoms with E-state index < -0.39 is 5.97 Å². The Morgan fingerprint density at radius 3 is 2.37 bits per heavy atom. The zero-order chi connectivity index (χ0) is 19.2. The van der Waals surface area contributed by atoms with E-state index in [4.69, 9.17) is 9.47 Å². The predicted molar refractivity (Wildman–Crippen MR) is 98.5 cm³/mol. The Kier molecular flexibility index (Phi) is 5.90. The topological polar surface area (TPSA) is 59.1 Å². The van der Waals surface area contributed by atoms with E-state index in [2.05, 4.69) is 0 Å². The molecule has 0 N–H and O–H groups in total. The average Bonchev–Trinajstić information content (AvgIpc) is 2.72. The van der Waals surface area contributed by atoms with E-state index in [0.29, 0.717) is 37.6 Å². The smallest absolute Gasteiger partial charge is 0.342 e. The number of rotatable bonds is 5. The second kappa shape index (κ2) is 8.53. The minimum Gasteiger partial charge on any atom is -0.496 e.